The summed E-state index contributed by atoms with van der Waals surface area (Å²) in [6, 6.07) is 11.8. The first kappa shape index (κ1) is 14.7. The minimum absolute atomic E-state index is 0.0263. The zero-order chi connectivity index (χ0) is 15.4. The van der Waals surface area contributed by atoms with Crippen LogP contribution in [0.5, 0.6) is 5.75 Å². The first-order valence-electron chi connectivity index (χ1n) is 5.93. The van der Waals surface area contributed by atoms with E-state index in [0.29, 0.717) is 16.9 Å². The van der Waals surface area contributed by atoms with Crippen LogP contribution < -0.4 is 10.1 Å². The Morgan fingerprint density at radius 2 is 2.05 bits per heavy atom. The Labute approximate surface area is 126 Å². The lowest BCUT2D eigenvalue weighted by Gasteiger charge is -2.13. The van der Waals surface area contributed by atoms with Gasteiger partial charge in [0.1, 0.15) is 17.4 Å². The third-order valence-electron chi connectivity index (χ3n) is 2.84. The van der Waals surface area contributed by atoms with Crippen LogP contribution in [0, 0.1) is 11.3 Å². The summed E-state index contributed by atoms with van der Waals surface area (Å²) in [6.45, 7) is 0. The number of rotatable bonds is 4. The monoisotopic (exact) mass is 302 g/mol. The topological polar surface area (TPSA) is 82.3 Å². The first-order valence-corrected chi connectivity index (χ1v) is 6.31. The molecule has 0 saturated heterocycles. The van der Waals surface area contributed by atoms with E-state index < -0.39 is 5.97 Å². The molecule has 0 aliphatic heterocycles. The smallest absolute Gasteiger partial charge is 0.339 e. The molecule has 0 radical (unpaired) electrons. The number of hydrogen-bond acceptors (Lipinski definition) is 4. The molecule has 5 nitrogen and oxygen atoms in total. The molecule has 0 aromatic heterocycles. The SMILES string of the molecule is COc1cc(Nc2ccccc2C#N)c(Cl)cc1C(=O)O. The molecule has 6 heteroatoms. The van der Waals surface area contributed by atoms with Crippen molar-refractivity contribution in [1.82, 2.24) is 0 Å². The van der Waals surface area contributed by atoms with Gasteiger partial charge in [0.15, 0.2) is 0 Å². The van der Waals surface area contributed by atoms with Crippen LogP contribution in [0.2, 0.25) is 5.02 Å². The van der Waals surface area contributed by atoms with Crippen molar-refractivity contribution >= 4 is 28.9 Å². The molecule has 0 fully saturated rings. The molecule has 0 saturated carbocycles. The van der Waals surface area contributed by atoms with Crippen LogP contribution in [0.15, 0.2) is 36.4 Å². The summed E-state index contributed by atoms with van der Waals surface area (Å²) < 4.78 is 5.05. The average Bonchev–Trinajstić information content (AvgIpc) is 2.49. The van der Waals surface area contributed by atoms with Crippen molar-refractivity contribution in [3.05, 3.63) is 52.5 Å². The molecule has 0 bridgehead atoms. The van der Waals surface area contributed by atoms with Crippen LogP contribution in [-0.2, 0) is 0 Å². The van der Waals surface area contributed by atoms with E-state index in [4.69, 9.17) is 26.7 Å². The molecule has 2 aromatic carbocycles. The second kappa shape index (κ2) is 6.16. The summed E-state index contributed by atoms with van der Waals surface area (Å²) in [5.74, 6) is -0.943. The molecule has 2 N–H and O–H groups in total. The number of carbonyl (C=O) groups is 1. The molecule has 2 aromatic rings. The van der Waals surface area contributed by atoms with E-state index in [2.05, 4.69) is 11.4 Å². The van der Waals surface area contributed by atoms with E-state index in [-0.39, 0.29) is 16.3 Å². The summed E-state index contributed by atoms with van der Waals surface area (Å²) >= 11 is 6.08. The lowest BCUT2D eigenvalue weighted by atomic mass is 10.1. The summed E-state index contributed by atoms with van der Waals surface area (Å²) in [6.07, 6.45) is 0. The summed E-state index contributed by atoms with van der Waals surface area (Å²) in [4.78, 5) is 11.1. The quantitative estimate of drug-likeness (QED) is 0.900. The van der Waals surface area contributed by atoms with Gasteiger partial charge in [0, 0.05) is 6.07 Å². The van der Waals surface area contributed by atoms with Gasteiger partial charge < -0.3 is 15.2 Å². The van der Waals surface area contributed by atoms with E-state index in [0.717, 1.165) is 0 Å². The Kier molecular flexibility index (Phi) is 4.31. The average molecular weight is 303 g/mol. The summed E-state index contributed by atoms with van der Waals surface area (Å²) in [7, 11) is 1.38. The lowest BCUT2D eigenvalue weighted by Crippen LogP contribution is -2.02. The normalized spacial score (nSPS) is 9.76. The number of para-hydroxylation sites is 1. The van der Waals surface area contributed by atoms with Crippen molar-refractivity contribution < 1.29 is 14.6 Å². The van der Waals surface area contributed by atoms with Crippen LogP contribution >= 0.6 is 11.6 Å². The Morgan fingerprint density at radius 3 is 2.67 bits per heavy atom. The van der Waals surface area contributed by atoms with Crippen molar-refractivity contribution in [3.8, 4) is 11.8 Å². The fourth-order valence-electron chi connectivity index (χ4n) is 1.82. The maximum atomic E-state index is 11.1. The van der Waals surface area contributed by atoms with Gasteiger partial charge in [-0.15, -0.1) is 0 Å². The van der Waals surface area contributed by atoms with E-state index >= 15 is 0 Å². The number of anilines is 2. The minimum atomic E-state index is -1.13. The molecule has 0 amide bonds. The highest BCUT2D eigenvalue weighted by atomic mass is 35.5. The van der Waals surface area contributed by atoms with Crippen molar-refractivity contribution in [2.24, 2.45) is 0 Å². The number of methoxy groups -OCH3 is 1. The van der Waals surface area contributed by atoms with Gasteiger partial charge >= 0.3 is 5.97 Å². The largest absolute Gasteiger partial charge is 0.496 e. The Balaban J connectivity index is 2.46. The Morgan fingerprint density at radius 1 is 1.33 bits per heavy atom. The highest BCUT2D eigenvalue weighted by molar-refractivity contribution is 6.33. The molecular weight excluding hydrogens is 292 g/mol. The van der Waals surface area contributed by atoms with E-state index in [9.17, 15) is 4.79 Å². The molecule has 0 heterocycles. The van der Waals surface area contributed by atoms with E-state index in [1.807, 2.05) is 0 Å². The minimum Gasteiger partial charge on any atom is -0.496 e. The highest BCUT2D eigenvalue weighted by Crippen LogP contribution is 2.33. The predicted molar refractivity (Wildman–Crippen MR) is 79.4 cm³/mol. The number of nitriles is 1. The Bertz CT molecular complexity index is 738. The van der Waals surface area contributed by atoms with Crippen molar-refractivity contribution in [2.75, 3.05) is 12.4 Å². The van der Waals surface area contributed by atoms with Crippen LogP contribution in [0.3, 0.4) is 0 Å². The zero-order valence-electron chi connectivity index (χ0n) is 11.1. The summed E-state index contributed by atoms with van der Waals surface area (Å²) in [5, 5.41) is 21.4. The first-order chi connectivity index (χ1) is 10.1. The number of benzene rings is 2. The van der Waals surface area contributed by atoms with E-state index in [1.54, 1.807) is 24.3 Å². The molecule has 0 atom stereocenters. The standard InChI is InChI=1S/C15H11ClN2O3/c1-21-14-7-13(11(16)6-10(14)15(19)20)18-12-5-3-2-4-9(12)8-17/h2-7,18H,1H3,(H,19,20). The number of carboxylic acids is 1. The van der Waals surface area contributed by atoms with Gasteiger partial charge in [-0.1, -0.05) is 23.7 Å². The number of nitrogens with zero attached hydrogens (tertiary/aromatic N) is 1. The molecule has 0 aliphatic carbocycles. The molecule has 0 spiro atoms. The molecule has 21 heavy (non-hydrogen) atoms. The predicted octanol–water partition coefficient (Wildman–Crippen LogP) is 3.66. The fraction of sp³-hybridized carbons (Fsp3) is 0.0667. The van der Waals surface area contributed by atoms with Crippen LogP contribution in [0.1, 0.15) is 15.9 Å². The van der Waals surface area contributed by atoms with Gasteiger partial charge in [-0.2, -0.15) is 5.26 Å². The van der Waals surface area contributed by atoms with Crippen LogP contribution in [0.4, 0.5) is 11.4 Å². The highest BCUT2D eigenvalue weighted by Gasteiger charge is 2.15. The number of carboxylic acid groups (broad SMARTS) is 1. The maximum Gasteiger partial charge on any atom is 0.339 e. The van der Waals surface area contributed by atoms with E-state index in [1.165, 1.54) is 19.2 Å². The van der Waals surface area contributed by atoms with Gasteiger partial charge in [-0.3, -0.25) is 0 Å². The van der Waals surface area contributed by atoms with Crippen LogP contribution in [-0.4, -0.2) is 18.2 Å². The number of nitrogens with one attached hydrogen (secondary N) is 1. The fourth-order valence-corrected chi connectivity index (χ4v) is 2.03. The van der Waals surface area contributed by atoms with Gasteiger partial charge in [0.05, 0.1) is 29.1 Å². The summed E-state index contributed by atoms with van der Waals surface area (Å²) in [5.41, 5.74) is 1.46. The van der Waals surface area contributed by atoms with Gasteiger partial charge in [0.25, 0.3) is 0 Å². The zero-order valence-corrected chi connectivity index (χ0v) is 11.8. The molecular formula is C15H11ClN2O3. The third kappa shape index (κ3) is 3.07. The number of aromatic carboxylic acids is 1. The second-order valence-corrected chi connectivity index (χ2v) is 4.53. The van der Waals surface area contributed by atoms with Crippen molar-refractivity contribution in [1.29, 1.82) is 5.26 Å². The molecule has 2 rings (SSSR count). The van der Waals surface area contributed by atoms with Crippen molar-refractivity contribution in [2.45, 2.75) is 0 Å². The number of ether oxygens (including phenoxy) is 1. The second-order valence-electron chi connectivity index (χ2n) is 4.12. The van der Waals surface area contributed by atoms with Gasteiger partial charge in [-0.25, -0.2) is 4.79 Å². The van der Waals surface area contributed by atoms with Crippen LogP contribution in [0.25, 0.3) is 0 Å². The van der Waals surface area contributed by atoms with Gasteiger partial charge in [0.2, 0.25) is 0 Å². The third-order valence-corrected chi connectivity index (χ3v) is 3.15. The number of halogens is 1. The molecule has 0 unspecified atom stereocenters. The van der Waals surface area contributed by atoms with Crippen molar-refractivity contribution in [3.63, 3.8) is 0 Å². The van der Waals surface area contributed by atoms with Gasteiger partial charge in [-0.05, 0) is 18.2 Å². The molecule has 106 valence electrons. The Hall–Kier alpha value is -2.71. The number of hydrogen-bond donors (Lipinski definition) is 2. The maximum absolute atomic E-state index is 11.1. The lowest BCUT2D eigenvalue weighted by molar-refractivity contribution is 0.0693. The molecule has 0 aliphatic rings.